The van der Waals surface area contributed by atoms with Crippen LogP contribution in [-0.2, 0) is 14.8 Å². The molecular formula is C16H16NO6S-. The van der Waals surface area contributed by atoms with Crippen molar-refractivity contribution in [3.8, 4) is 11.5 Å². The minimum absolute atomic E-state index is 0.0192. The molecule has 0 saturated carbocycles. The Morgan fingerprint density at radius 1 is 1.08 bits per heavy atom. The fourth-order valence-electron chi connectivity index (χ4n) is 2.00. The number of hydrogen-bond donors (Lipinski definition) is 0. The van der Waals surface area contributed by atoms with Gasteiger partial charge in [-0.05, 0) is 25.3 Å². The minimum Gasteiger partial charge on any atom is -0.616 e. The average molecular weight is 350 g/mol. The molecule has 1 aliphatic rings. The largest absolute Gasteiger partial charge is 0.616 e. The average Bonchev–Trinajstić information content (AvgIpc) is 2.60. The molecule has 128 valence electrons. The summed E-state index contributed by atoms with van der Waals surface area (Å²) in [4.78, 5) is -0.163. The van der Waals surface area contributed by atoms with E-state index in [4.69, 9.17) is 9.47 Å². The molecule has 0 heterocycles. The summed E-state index contributed by atoms with van der Waals surface area (Å²) in [7, 11) is -0.165. The van der Waals surface area contributed by atoms with Crippen LogP contribution in [0.5, 0.6) is 11.5 Å². The highest BCUT2D eigenvalue weighted by Gasteiger charge is 2.21. The van der Waals surface area contributed by atoms with Gasteiger partial charge in [0.15, 0.2) is 0 Å². The van der Waals surface area contributed by atoms with E-state index in [1.807, 2.05) is 0 Å². The number of benzene rings is 1. The van der Waals surface area contributed by atoms with Gasteiger partial charge in [0.25, 0.3) is 10.0 Å². The number of ether oxygens (including phenoxy) is 3. The predicted molar refractivity (Wildman–Crippen MR) is 86.5 cm³/mol. The van der Waals surface area contributed by atoms with E-state index in [9.17, 15) is 13.5 Å². The molecule has 1 aliphatic carbocycles. The zero-order valence-corrected chi connectivity index (χ0v) is 14.2. The summed E-state index contributed by atoms with van der Waals surface area (Å²) in [5.74, 6) is -0.219. The number of hydrogen-bond acceptors (Lipinski definition) is 6. The van der Waals surface area contributed by atoms with E-state index >= 15 is 0 Å². The molecule has 1 aromatic rings. The van der Waals surface area contributed by atoms with Gasteiger partial charge in [-0.25, -0.2) is 0 Å². The Morgan fingerprint density at radius 2 is 1.79 bits per heavy atom. The SMILES string of the molecule is COC([O-])=C1C=CC=CC1=NS(=O)(=O)c1cc(OC)ccc1OC. The molecule has 0 amide bonds. The Bertz CT molecular complexity index is 849. The van der Waals surface area contributed by atoms with Crippen molar-refractivity contribution in [1.82, 2.24) is 0 Å². The lowest BCUT2D eigenvalue weighted by Gasteiger charge is -2.16. The van der Waals surface area contributed by atoms with Crippen LogP contribution >= 0.6 is 0 Å². The zero-order chi connectivity index (χ0) is 17.7. The minimum atomic E-state index is -4.14. The van der Waals surface area contributed by atoms with Gasteiger partial charge in [-0.15, -0.1) is 0 Å². The summed E-state index contributed by atoms with van der Waals surface area (Å²) in [6.07, 6.45) is 6.01. The van der Waals surface area contributed by atoms with E-state index in [1.165, 1.54) is 45.6 Å². The van der Waals surface area contributed by atoms with Crippen LogP contribution in [-0.4, -0.2) is 35.5 Å². The maximum Gasteiger partial charge on any atom is 0.286 e. The first-order valence-corrected chi connectivity index (χ1v) is 8.24. The van der Waals surface area contributed by atoms with Gasteiger partial charge in [-0.1, -0.05) is 18.2 Å². The number of rotatable bonds is 5. The third-order valence-corrected chi connectivity index (χ3v) is 4.49. The second-order valence-electron chi connectivity index (χ2n) is 4.59. The zero-order valence-electron chi connectivity index (χ0n) is 13.3. The van der Waals surface area contributed by atoms with Crippen molar-refractivity contribution in [1.29, 1.82) is 0 Å². The smallest absolute Gasteiger partial charge is 0.286 e. The third kappa shape index (κ3) is 3.60. The van der Waals surface area contributed by atoms with Gasteiger partial charge in [0.1, 0.15) is 16.4 Å². The summed E-state index contributed by atoms with van der Waals surface area (Å²) >= 11 is 0. The Hall–Kier alpha value is -2.74. The molecule has 7 nitrogen and oxygen atoms in total. The normalized spacial score (nSPS) is 17.7. The molecule has 1 aromatic carbocycles. The summed E-state index contributed by atoms with van der Waals surface area (Å²) < 4.78 is 43.8. The highest BCUT2D eigenvalue weighted by molar-refractivity contribution is 7.90. The molecule has 0 aromatic heterocycles. The standard InChI is InChI=1S/C16H17NO6S/c1-21-11-8-9-14(22-2)15(10-11)24(19,20)17-13-7-5-4-6-12(13)16(18)23-3/h4-10,18H,1-3H3/p-1. The van der Waals surface area contributed by atoms with Gasteiger partial charge >= 0.3 is 0 Å². The van der Waals surface area contributed by atoms with Crippen molar-refractivity contribution >= 4 is 15.7 Å². The van der Waals surface area contributed by atoms with Gasteiger partial charge in [-0.2, -0.15) is 12.8 Å². The van der Waals surface area contributed by atoms with Crippen LogP contribution in [0.2, 0.25) is 0 Å². The second-order valence-corrected chi connectivity index (χ2v) is 6.16. The maximum absolute atomic E-state index is 12.7. The molecule has 8 heteroatoms. The summed E-state index contributed by atoms with van der Waals surface area (Å²) in [5.41, 5.74) is 0.0275. The second kappa shape index (κ2) is 7.22. The van der Waals surface area contributed by atoms with E-state index in [-0.39, 0.29) is 21.9 Å². The van der Waals surface area contributed by atoms with E-state index in [2.05, 4.69) is 9.13 Å². The highest BCUT2D eigenvalue weighted by atomic mass is 32.2. The lowest BCUT2D eigenvalue weighted by molar-refractivity contribution is -0.354. The topological polar surface area (TPSA) is 97.2 Å². The summed E-state index contributed by atoms with van der Waals surface area (Å²) in [6.45, 7) is 0. The Labute approximate surface area is 140 Å². The summed E-state index contributed by atoms with van der Waals surface area (Å²) in [6, 6.07) is 4.34. The Balaban J connectivity index is 2.59. The number of allylic oxidation sites excluding steroid dienone is 5. The van der Waals surface area contributed by atoms with Crippen LogP contribution in [0.25, 0.3) is 0 Å². The van der Waals surface area contributed by atoms with Crippen molar-refractivity contribution in [2.45, 2.75) is 4.90 Å². The van der Waals surface area contributed by atoms with Crippen molar-refractivity contribution in [2.24, 2.45) is 4.40 Å². The molecule has 0 unspecified atom stereocenters. The van der Waals surface area contributed by atoms with Crippen LogP contribution in [0, 0.1) is 0 Å². The van der Waals surface area contributed by atoms with Crippen molar-refractivity contribution in [3.05, 3.63) is 54.0 Å². The van der Waals surface area contributed by atoms with Gasteiger partial charge in [0.05, 0.1) is 25.9 Å². The van der Waals surface area contributed by atoms with E-state index in [1.54, 1.807) is 18.2 Å². The van der Waals surface area contributed by atoms with Crippen LogP contribution in [0.3, 0.4) is 0 Å². The Kier molecular flexibility index (Phi) is 5.30. The van der Waals surface area contributed by atoms with E-state index in [0.29, 0.717) is 5.75 Å². The van der Waals surface area contributed by atoms with Crippen molar-refractivity contribution in [2.75, 3.05) is 21.3 Å². The predicted octanol–water partition coefficient (Wildman–Crippen LogP) is 1.18. The highest BCUT2D eigenvalue weighted by Crippen LogP contribution is 2.30. The molecule has 0 N–H and O–H groups in total. The first-order valence-electron chi connectivity index (χ1n) is 6.80. The molecule has 0 aliphatic heterocycles. The number of methoxy groups -OCH3 is 3. The Morgan fingerprint density at radius 3 is 2.42 bits per heavy atom. The first kappa shape index (κ1) is 17.6. The summed E-state index contributed by atoms with van der Waals surface area (Å²) in [5, 5.41) is 11.8. The fourth-order valence-corrected chi connectivity index (χ4v) is 3.19. The molecule has 0 atom stereocenters. The number of nitrogens with zero attached hydrogens (tertiary/aromatic N) is 1. The third-order valence-electron chi connectivity index (χ3n) is 3.18. The number of sulfonamides is 1. The molecule has 2 rings (SSSR count). The fraction of sp³-hybridized carbons (Fsp3) is 0.188. The molecule has 0 spiro atoms. The first-order chi connectivity index (χ1) is 11.4. The monoisotopic (exact) mass is 350 g/mol. The van der Waals surface area contributed by atoms with E-state index in [0.717, 1.165) is 0 Å². The maximum atomic E-state index is 12.7. The van der Waals surface area contributed by atoms with Gasteiger partial charge < -0.3 is 19.3 Å². The van der Waals surface area contributed by atoms with Crippen molar-refractivity contribution in [3.63, 3.8) is 0 Å². The molecule has 0 bridgehead atoms. The van der Waals surface area contributed by atoms with Gasteiger partial charge in [-0.3, -0.25) is 0 Å². The lowest BCUT2D eigenvalue weighted by atomic mass is 10.1. The van der Waals surface area contributed by atoms with Crippen LogP contribution < -0.4 is 14.6 Å². The molecule has 0 radical (unpaired) electrons. The molecule has 24 heavy (non-hydrogen) atoms. The van der Waals surface area contributed by atoms with Crippen LogP contribution in [0.4, 0.5) is 0 Å². The molecular weight excluding hydrogens is 334 g/mol. The van der Waals surface area contributed by atoms with Gasteiger partial charge in [0.2, 0.25) is 0 Å². The van der Waals surface area contributed by atoms with Crippen molar-refractivity contribution < 1.29 is 27.7 Å². The van der Waals surface area contributed by atoms with E-state index < -0.39 is 16.0 Å². The quantitative estimate of drug-likeness (QED) is 0.740. The van der Waals surface area contributed by atoms with Gasteiger partial charge in [0, 0.05) is 11.6 Å². The van der Waals surface area contributed by atoms with Crippen LogP contribution in [0.1, 0.15) is 0 Å². The lowest BCUT2D eigenvalue weighted by Crippen LogP contribution is -2.16. The van der Waals surface area contributed by atoms with Crippen LogP contribution in [0.15, 0.2) is 63.3 Å². The molecule has 0 fully saturated rings. The molecule has 0 saturated heterocycles.